The van der Waals surface area contributed by atoms with Crippen LogP contribution in [0.4, 0.5) is 0 Å². The van der Waals surface area contributed by atoms with Gasteiger partial charge in [0.2, 0.25) is 0 Å². The minimum Gasteiger partial charge on any atom is -0.380 e. The maximum absolute atomic E-state index is 13.4. The fourth-order valence-electron chi connectivity index (χ4n) is 4.02. The monoisotopic (exact) mass is 493 g/mol. The Balaban J connectivity index is 1.62. The lowest BCUT2D eigenvalue weighted by Crippen LogP contribution is -2.43. The highest BCUT2D eigenvalue weighted by molar-refractivity contribution is 7.91. The van der Waals surface area contributed by atoms with Gasteiger partial charge in [0.05, 0.1) is 31.3 Å². The Morgan fingerprint density at radius 1 is 1.21 bits per heavy atom. The quantitative estimate of drug-likeness (QED) is 0.505. The molecule has 0 amide bonds. The number of aryl methyl sites for hydroxylation is 2. The van der Waals surface area contributed by atoms with Crippen molar-refractivity contribution < 1.29 is 13.2 Å². The van der Waals surface area contributed by atoms with Crippen LogP contribution >= 0.6 is 11.3 Å². The van der Waals surface area contributed by atoms with E-state index in [-0.39, 0.29) is 21.6 Å². The summed E-state index contributed by atoms with van der Waals surface area (Å²) in [5, 5.41) is 4.35. The molecule has 1 saturated heterocycles. The minimum absolute atomic E-state index is 0.0373. The molecular formula is C21H27N5O5S2. The van der Waals surface area contributed by atoms with Gasteiger partial charge in [0.25, 0.3) is 15.6 Å². The molecule has 2 aliphatic rings. The van der Waals surface area contributed by atoms with E-state index in [9.17, 15) is 18.0 Å². The fourth-order valence-corrected chi connectivity index (χ4v) is 6.95. The van der Waals surface area contributed by atoms with E-state index in [2.05, 4.69) is 16.7 Å². The Morgan fingerprint density at radius 2 is 1.94 bits per heavy atom. The first kappa shape index (κ1) is 22.5. The van der Waals surface area contributed by atoms with Crippen LogP contribution in [0, 0.1) is 5.41 Å². The highest BCUT2D eigenvalue weighted by atomic mass is 32.2. The molecule has 5 rings (SSSR count). The molecule has 1 aliphatic heterocycles. The smallest absolute Gasteiger partial charge is 0.332 e. The first-order valence-corrected chi connectivity index (χ1v) is 13.2. The molecule has 1 aliphatic carbocycles. The molecule has 178 valence electrons. The first-order chi connectivity index (χ1) is 15.5. The number of aromatic nitrogens is 4. The summed E-state index contributed by atoms with van der Waals surface area (Å²) in [4.78, 5) is 27.1. The number of ether oxygens (including phenoxy) is 1. The summed E-state index contributed by atoms with van der Waals surface area (Å²) in [5.74, 6) is 0. The zero-order chi connectivity index (χ0) is 23.6. The van der Waals surface area contributed by atoms with Gasteiger partial charge in [0, 0.05) is 36.3 Å². The maximum atomic E-state index is 13.4. The topological polar surface area (TPSA) is 117 Å². The molecule has 0 aromatic carbocycles. The van der Waals surface area contributed by atoms with Crippen LogP contribution < -0.4 is 16.0 Å². The largest absolute Gasteiger partial charge is 0.380 e. The van der Waals surface area contributed by atoms with Gasteiger partial charge >= 0.3 is 5.69 Å². The van der Waals surface area contributed by atoms with Crippen LogP contribution in [-0.2, 0) is 34.9 Å². The Labute approximate surface area is 194 Å². The Hall–Kier alpha value is -2.28. The second-order valence-electron chi connectivity index (χ2n) is 9.85. The van der Waals surface area contributed by atoms with E-state index in [1.807, 2.05) is 6.92 Å². The van der Waals surface area contributed by atoms with Crippen molar-refractivity contribution in [1.29, 1.82) is 0 Å². The van der Waals surface area contributed by atoms with Crippen LogP contribution in [0.2, 0.25) is 0 Å². The molecule has 0 spiro atoms. The average Bonchev–Trinajstić information content (AvgIpc) is 3.11. The number of hydrogen-bond acceptors (Lipinski definition) is 7. The van der Waals surface area contributed by atoms with Gasteiger partial charge in [-0.25, -0.2) is 17.9 Å². The summed E-state index contributed by atoms with van der Waals surface area (Å²) in [6, 6.07) is 1.40. The van der Waals surface area contributed by atoms with Gasteiger partial charge in [-0.05, 0) is 32.3 Å². The average molecular weight is 494 g/mol. The summed E-state index contributed by atoms with van der Waals surface area (Å²) in [6.45, 7) is 5.62. The number of sulfonamides is 1. The molecule has 1 saturated carbocycles. The zero-order valence-electron chi connectivity index (χ0n) is 18.8. The Kier molecular flexibility index (Phi) is 5.20. The lowest BCUT2D eigenvalue weighted by molar-refractivity contribution is -0.107. The molecule has 12 heteroatoms. The van der Waals surface area contributed by atoms with Gasteiger partial charge in [0.1, 0.15) is 9.04 Å². The third-order valence-electron chi connectivity index (χ3n) is 6.46. The molecule has 1 N–H and O–H groups in total. The van der Waals surface area contributed by atoms with E-state index in [1.54, 1.807) is 28.7 Å². The third-order valence-corrected chi connectivity index (χ3v) is 9.73. The van der Waals surface area contributed by atoms with Gasteiger partial charge in [-0.3, -0.25) is 18.6 Å². The fraction of sp³-hybridized carbons (Fsp3) is 0.571. The second kappa shape index (κ2) is 7.62. The molecule has 2 fully saturated rings. The summed E-state index contributed by atoms with van der Waals surface area (Å²) < 4.78 is 38.4. The Morgan fingerprint density at radius 3 is 2.52 bits per heavy atom. The second-order valence-corrected chi connectivity index (χ2v) is 12.8. The van der Waals surface area contributed by atoms with Crippen molar-refractivity contribution >= 4 is 31.6 Å². The lowest BCUT2D eigenvalue weighted by Gasteiger charge is -2.38. The number of thiophene rings is 1. The van der Waals surface area contributed by atoms with Gasteiger partial charge in [0.15, 0.2) is 0 Å². The van der Waals surface area contributed by atoms with Crippen LogP contribution in [0.15, 0.2) is 32.3 Å². The van der Waals surface area contributed by atoms with E-state index in [0.717, 1.165) is 28.7 Å². The summed E-state index contributed by atoms with van der Waals surface area (Å²) in [5.41, 5.74) is -0.705. The molecule has 4 heterocycles. The number of nitrogens with one attached hydrogen (secondary N) is 1. The van der Waals surface area contributed by atoms with Crippen LogP contribution in [-0.4, -0.2) is 46.1 Å². The summed E-state index contributed by atoms with van der Waals surface area (Å²) in [7, 11) is -2.03. The van der Waals surface area contributed by atoms with E-state index in [1.165, 1.54) is 6.07 Å². The molecule has 0 bridgehead atoms. The van der Waals surface area contributed by atoms with Crippen molar-refractivity contribution in [2.75, 3.05) is 13.2 Å². The van der Waals surface area contributed by atoms with Gasteiger partial charge in [-0.2, -0.15) is 5.10 Å². The summed E-state index contributed by atoms with van der Waals surface area (Å²) >= 11 is 0.974. The third kappa shape index (κ3) is 4.20. The number of nitrogens with zero attached hydrogens (tertiary/aromatic N) is 4. The van der Waals surface area contributed by atoms with E-state index in [4.69, 9.17) is 4.74 Å². The molecule has 33 heavy (non-hydrogen) atoms. The lowest BCUT2D eigenvalue weighted by atomic mass is 9.85. The van der Waals surface area contributed by atoms with Crippen LogP contribution in [0.5, 0.6) is 0 Å². The molecule has 0 unspecified atom stereocenters. The predicted molar refractivity (Wildman–Crippen MR) is 124 cm³/mol. The van der Waals surface area contributed by atoms with Gasteiger partial charge < -0.3 is 4.74 Å². The van der Waals surface area contributed by atoms with Crippen molar-refractivity contribution in [2.24, 2.45) is 12.5 Å². The molecule has 0 radical (unpaired) electrons. The SMILES string of the molecule is Cn1cc(Cn2c(=O)c3cc(S(=O)(=O)NC4(C)CC4)sc3n(CCC3(C)COC3)c2=O)cn1. The van der Waals surface area contributed by atoms with Gasteiger partial charge in [-0.1, -0.05) is 6.92 Å². The molecular weight excluding hydrogens is 466 g/mol. The van der Waals surface area contributed by atoms with Crippen molar-refractivity contribution in [3.05, 3.63) is 44.9 Å². The van der Waals surface area contributed by atoms with Crippen LogP contribution in [0.1, 0.15) is 38.7 Å². The number of hydrogen-bond donors (Lipinski definition) is 1. The number of rotatable bonds is 8. The number of fused-ring (bicyclic) bond motifs is 1. The first-order valence-electron chi connectivity index (χ1n) is 10.9. The van der Waals surface area contributed by atoms with Crippen molar-refractivity contribution in [3.8, 4) is 0 Å². The van der Waals surface area contributed by atoms with E-state index in [0.29, 0.717) is 36.6 Å². The van der Waals surface area contributed by atoms with Crippen LogP contribution in [0.25, 0.3) is 10.2 Å². The predicted octanol–water partition coefficient (Wildman–Crippen LogP) is 1.26. The van der Waals surface area contributed by atoms with Crippen LogP contribution in [0.3, 0.4) is 0 Å². The molecule has 10 nitrogen and oxygen atoms in total. The summed E-state index contributed by atoms with van der Waals surface area (Å²) in [6.07, 6.45) is 5.60. The van der Waals surface area contributed by atoms with Crippen molar-refractivity contribution in [1.82, 2.24) is 23.6 Å². The van der Waals surface area contributed by atoms with Crippen molar-refractivity contribution in [3.63, 3.8) is 0 Å². The maximum Gasteiger partial charge on any atom is 0.332 e. The zero-order valence-corrected chi connectivity index (χ0v) is 20.5. The van der Waals surface area contributed by atoms with E-state index < -0.39 is 26.8 Å². The normalized spacial score (nSPS) is 19.0. The highest BCUT2D eigenvalue weighted by Crippen LogP contribution is 2.37. The Bertz CT molecular complexity index is 1450. The molecule has 3 aromatic heterocycles. The standard InChI is InChI=1S/C21H27N5O5S2/c1-20(12-31-13-20)6-7-25-18-15(8-16(32-18)33(29,30)23-21(2)4-5-21)17(27)26(19(25)28)11-14-9-22-24(3)10-14/h8-10,23H,4-7,11-13H2,1-3H3. The van der Waals surface area contributed by atoms with Crippen molar-refractivity contribution in [2.45, 2.75) is 55.9 Å². The highest BCUT2D eigenvalue weighted by Gasteiger charge is 2.42. The minimum atomic E-state index is -3.80. The molecule has 3 aromatic rings. The molecule has 0 atom stereocenters. The van der Waals surface area contributed by atoms with E-state index >= 15 is 0 Å². The van der Waals surface area contributed by atoms with Gasteiger partial charge in [-0.15, -0.1) is 11.3 Å².